The molecule has 0 aliphatic carbocycles. The van der Waals surface area contributed by atoms with Crippen molar-refractivity contribution in [2.75, 3.05) is 13.1 Å². The Labute approximate surface area is 128 Å². The standard InChI is InChI=1S/C19H27NO/c1-15(2)14-20-13-7-8-16(3)21-19-12-6-10-17-9-4-5-11-18(17)19/h4-6,9-12,15-16,20H,7-8,13-14H2,1-3H3. The zero-order valence-electron chi connectivity index (χ0n) is 13.4. The highest BCUT2D eigenvalue weighted by atomic mass is 16.5. The molecule has 21 heavy (non-hydrogen) atoms. The summed E-state index contributed by atoms with van der Waals surface area (Å²) in [7, 11) is 0. The molecule has 114 valence electrons. The van der Waals surface area contributed by atoms with Crippen LogP contribution in [-0.4, -0.2) is 19.2 Å². The van der Waals surface area contributed by atoms with Crippen molar-refractivity contribution >= 4 is 10.8 Å². The fraction of sp³-hybridized carbons (Fsp3) is 0.474. The van der Waals surface area contributed by atoms with Crippen LogP contribution in [-0.2, 0) is 0 Å². The van der Waals surface area contributed by atoms with Gasteiger partial charge in [0, 0.05) is 5.39 Å². The lowest BCUT2D eigenvalue weighted by Gasteiger charge is -2.16. The molecule has 0 heterocycles. The van der Waals surface area contributed by atoms with Gasteiger partial charge in [0.2, 0.25) is 0 Å². The smallest absolute Gasteiger partial charge is 0.127 e. The van der Waals surface area contributed by atoms with Crippen LogP contribution in [0, 0.1) is 5.92 Å². The minimum absolute atomic E-state index is 0.247. The Morgan fingerprint density at radius 2 is 1.76 bits per heavy atom. The van der Waals surface area contributed by atoms with Crippen molar-refractivity contribution in [2.45, 2.75) is 39.7 Å². The Hall–Kier alpha value is -1.54. The third kappa shape index (κ3) is 5.05. The molecule has 1 atom stereocenters. The van der Waals surface area contributed by atoms with Crippen molar-refractivity contribution < 1.29 is 4.74 Å². The second-order valence-corrected chi connectivity index (χ2v) is 6.15. The van der Waals surface area contributed by atoms with E-state index in [1.54, 1.807) is 0 Å². The third-order valence-electron chi connectivity index (χ3n) is 3.59. The van der Waals surface area contributed by atoms with E-state index in [0.29, 0.717) is 5.92 Å². The van der Waals surface area contributed by atoms with Crippen molar-refractivity contribution in [1.29, 1.82) is 0 Å². The van der Waals surface area contributed by atoms with Gasteiger partial charge >= 0.3 is 0 Å². The second-order valence-electron chi connectivity index (χ2n) is 6.15. The minimum Gasteiger partial charge on any atom is -0.490 e. The molecule has 0 saturated heterocycles. The van der Waals surface area contributed by atoms with Gasteiger partial charge in [-0.2, -0.15) is 0 Å². The van der Waals surface area contributed by atoms with E-state index in [1.165, 1.54) is 10.8 Å². The van der Waals surface area contributed by atoms with E-state index < -0.39 is 0 Å². The largest absolute Gasteiger partial charge is 0.490 e. The van der Waals surface area contributed by atoms with E-state index in [0.717, 1.165) is 31.7 Å². The van der Waals surface area contributed by atoms with Crippen molar-refractivity contribution in [3.8, 4) is 5.75 Å². The summed E-state index contributed by atoms with van der Waals surface area (Å²) in [6, 6.07) is 14.6. The summed E-state index contributed by atoms with van der Waals surface area (Å²) in [4.78, 5) is 0. The van der Waals surface area contributed by atoms with Gasteiger partial charge in [-0.25, -0.2) is 0 Å². The third-order valence-corrected chi connectivity index (χ3v) is 3.59. The van der Waals surface area contributed by atoms with Gasteiger partial charge < -0.3 is 10.1 Å². The van der Waals surface area contributed by atoms with Crippen LogP contribution in [0.4, 0.5) is 0 Å². The molecule has 2 aromatic carbocycles. The van der Waals surface area contributed by atoms with E-state index >= 15 is 0 Å². The van der Waals surface area contributed by atoms with E-state index in [9.17, 15) is 0 Å². The highest BCUT2D eigenvalue weighted by Gasteiger charge is 2.07. The lowest BCUT2D eigenvalue weighted by molar-refractivity contribution is 0.210. The normalized spacial score (nSPS) is 12.8. The molecule has 0 fully saturated rings. The molecule has 0 aliphatic rings. The van der Waals surface area contributed by atoms with Gasteiger partial charge in [-0.05, 0) is 50.2 Å². The van der Waals surface area contributed by atoms with Crippen LogP contribution >= 0.6 is 0 Å². The van der Waals surface area contributed by atoms with Gasteiger partial charge in [0.1, 0.15) is 5.75 Å². The average Bonchev–Trinajstić information content (AvgIpc) is 2.47. The molecule has 0 aliphatic heterocycles. The summed E-state index contributed by atoms with van der Waals surface area (Å²) >= 11 is 0. The van der Waals surface area contributed by atoms with Gasteiger partial charge in [-0.15, -0.1) is 0 Å². The van der Waals surface area contributed by atoms with Crippen LogP contribution in [0.5, 0.6) is 5.75 Å². The lowest BCUT2D eigenvalue weighted by atomic mass is 10.1. The number of hydrogen-bond donors (Lipinski definition) is 1. The molecule has 0 aromatic heterocycles. The number of fused-ring (bicyclic) bond motifs is 1. The number of hydrogen-bond acceptors (Lipinski definition) is 2. The maximum atomic E-state index is 6.13. The topological polar surface area (TPSA) is 21.3 Å². The predicted octanol–water partition coefficient (Wildman–Crippen LogP) is 4.63. The average molecular weight is 285 g/mol. The highest BCUT2D eigenvalue weighted by Crippen LogP contribution is 2.26. The van der Waals surface area contributed by atoms with Gasteiger partial charge in [-0.3, -0.25) is 0 Å². The number of ether oxygens (including phenoxy) is 1. The number of rotatable bonds is 8. The lowest BCUT2D eigenvalue weighted by Crippen LogP contribution is -2.22. The Morgan fingerprint density at radius 1 is 1.00 bits per heavy atom. The predicted molar refractivity (Wildman–Crippen MR) is 91.0 cm³/mol. The first-order valence-corrected chi connectivity index (χ1v) is 8.02. The molecule has 0 radical (unpaired) electrons. The summed E-state index contributed by atoms with van der Waals surface area (Å²) in [6.45, 7) is 8.79. The van der Waals surface area contributed by atoms with Crippen molar-refractivity contribution in [2.24, 2.45) is 5.92 Å². The monoisotopic (exact) mass is 285 g/mol. The second kappa shape index (κ2) is 8.04. The Bertz CT molecular complexity index is 545. The Kier molecular flexibility index (Phi) is 6.06. The summed E-state index contributed by atoms with van der Waals surface area (Å²) in [5.41, 5.74) is 0. The van der Waals surface area contributed by atoms with Gasteiger partial charge in [0.25, 0.3) is 0 Å². The molecule has 2 aromatic rings. The van der Waals surface area contributed by atoms with Crippen molar-refractivity contribution in [3.63, 3.8) is 0 Å². The molecule has 0 saturated carbocycles. The number of benzene rings is 2. The van der Waals surface area contributed by atoms with E-state index in [1.807, 2.05) is 0 Å². The quantitative estimate of drug-likeness (QED) is 0.714. The van der Waals surface area contributed by atoms with Gasteiger partial charge in [-0.1, -0.05) is 50.2 Å². The number of nitrogens with one attached hydrogen (secondary N) is 1. The maximum absolute atomic E-state index is 6.13. The summed E-state index contributed by atoms with van der Waals surface area (Å²) < 4.78 is 6.13. The molecule has 2 nitrogen and oxygen atoms in total. The van der Waals surface area contributed by atoms with E-state index in [2.05, 4.69) is 68.6 Å². The first-order chi connectivity index (χ1) is 10.2. The SMILES string of the molecule is CC(C)CNCCCC(C)Oc1cccc2ccccc12. The van der Waals surface area contributed by atoms with Crippen LogP contribution in [0.1, 0.15) is 33.6 Å². The molecule has 2 rings (SSSR count). The first kappa shape index (κ1) is 15.8. The van der Waals surface area contributed by atoms with Gasteiger partial charge in [0.05, 0.1) is 6.10 Å². The fourth-order valence-corrected chi connectivity index (χ4v) is 2.48. The Balaban J connectivity index is 1.83. The molecular formula is C19H27NO. The zero-order valence-corrected chi connectivity index (χ0v) is 13.4. The van der Waals surface area contributed by atoms with Crippen LogP contribution in [0.15, 0.2) is 42.5 Å². The van der Waals surface area contributed by atoms with Crippen LogP contribution < -0.4 is 10.1 Å². The molecule has 0 spiro atoms. The first-order valence-electron chi connectivity index (χ1n) is 8.02. The van der Waals surface area contributed by atoms with E-state index in [-0.39, 0.29) is 6.10 Å². The molecule has 2 heteroatoms. The molecule has 0 amide bonds. The molecule has 1 unspecified atom stereocenters. The summed E-state index contributed by atoms with van der Waals surface area (Å²) in [5.74, 6) is 1.71. The van der Waals surface area contributed by atoms with Crippen LogP contribution in [0.2, 0.25) is 0 Å². The fourth-order valence-electron chi connectivity index (χ4n) is 2.48. The van der Waals surface area contributed by atoms with Crippen molar-refractivity contribution in [1.82, 2.24) is 5.32 Å². The summed E-state index contributed by atoms with van der Waals surface area (Å²) in [6.07, 6.45) is 2.48. The zero-order chi connectivity index (χ0) is 15.1. The minimum atomic E-state index is 0.247. The summed E-state index contributed by atoms with van der Waals surface area (Å²) in [5, 5.41) is 5.91. The Morgan fingerprint density at radius 3 is 2.57 bits per heavy atom. The molecule has 0 bridgehead atoms. The highest BCUT2D eigenvalue weighted by molar-refractivity contribution is 5.88. The van der Waals surface area contributed by atoms with Crippen LogP contribution in [0.3, 0.4) is 0 Å². The maximum Gasteiger partial charge on any atom is 0.127 e. The van der Waals surface area contributed by atoms with Crippen molar-refractivity contribution in [3.05, 3.63) is 42.5 Å². The van der Waals surface area contributed by atoms with Crippen LogP contribution in [0.25, 0.3) is 10.8 Å². The van der Waals surface area contributed by atoms with E-state index in [4.69, 9.17) is 4.74 Å². The molecular weight excluding hydrogens is 258 g/mol. The molecule has 1 N–H and O–H groups in total. The van der Waals surface area contributed by atoms with Gasteiger partial charge in [0.15, 0.2) is 0 Å².